The Morgan fingerprint density at radius 2 is 1.95 bits per heavy atom. The van der Waals surface area contributed by atoms with Crippen LogP contribution in [0.2, 0.25) is 0 Å². The summed E-state index contributed by atoms with van der Waals surface area (Å²) in [4.78, 5) is 41.9. The second-order valence-electron chi connectivity index (χ2n) is 11.0. The van der Waals surface area contributed by atoms with Crippen LogP contribution in [0.15, 0.2) is 43.0 Å². The molecule has 208 valence electrons. The number of likely N-dealkylation sites (tertiary alicyclic amines) is 1. The first-order chi connectivity index (χ1) is 19.1. The minimum absolute atomic E-state index is 0.164. The predicted molar refractivity (Wildman–Crippen MR) is 155 cm³/mol. The standard InChI is InChI=1S/C30H33N5O4S/c1-3-22(36)35-12-4-5-16(14-35)34-29(38)27-24-23-20(10-11-21(31)26(23)40-27)30(33,28(37)25(24)32)19-9-8-18(13-15(19)2)39-17-6-7-17/h3,8-11,13,16-17,25H,1,4-7,12,14,31-33H2,2H3,(H,34,38). The fourth-order valence-electron chi connectivity index (χ4n) is 6.03. The number of nitrogens with two attached hydrogens (primary N) is 3. The van der Waals surface area contributed by atoms with Crippen LogP contribution in [0.3, 0.4) is 0 Å². The number of nitrogens with one attached hydrogen (secondary N) is 1. The molecule has 2 fully saturated rings. The van der Waals surface area contributed by atoms with Crippen molar-refractivity contribution in [1.29, 1.82) is 0 Å². The van der Waals surface area contributed by atoms with E-state index in [9.17, 15) is 14.4 Å². The van der Waals surface area contributed by atoms with Gasteiger partial charge >= 0.3 is 0 Å². The third-order valence-electron chi connectivity index (χ3n) is 8.21. The van der Waals surface area contributed by atoms with E-state index in [-0.39, 0.29) is 24.0 Å². The molecule has 1 saturated heterocycles. The highest BCUT2D eigenvalue weighted by molar-refractivity contribution is 7.21. The van der Waals surface area contributed by atoms with Crippen molar-refractivity contribution in [3.05, 3.63) is 70.1 Å². The summed E-state index contributed by atoms with van der Waals surface area (Å²) in [6, 6.07) is 7.73. The van der Waals surface area contributed by atoms with Gasteiger partial charge in [0.2, 0.25) is 5.91 Å². The van der Waals surface area contributed by atoms with Crippen molar-refractivity contribution < 1.29 is 19.1 Å². The van der Waals surface area contributed by atoms with Crippen LogP contribution in [0.4, 0.5) is 5.69 Å². The molecular formula is C30H33N5O4S. The van der Waals surface area contributed by atoms with Crippen molar-refractivity contribution >= 4 is 44.7 Å². The molecular weight excluding hydrogens is 526 g/mol. The maximum absolute atomic E-state index is 14.1. The maximum atomic E-state index is 14.1. The molecule has 0 radical (unpaired) electrons. The van der Waals surface area contributed by atoms with Gasteiger partial charge in [0, 0.05) is 35.8 Å². The van der Waals surface area contributed by atoms with Gasteiger partial charge in [0.25, 0.3) is 5.91 Å². The van der Waals surface area contributed by atoms with E-state index in [1.165, 1.54) is 17.4 Å². The number of hydrogen-bond acceptors (Lipinski definition) is 8. The molecule has 40 heavy (non-hydrogen) atoms. The highest BCUT2D eigenvalue weighted by atomic mass is 32.1. The molecule has 2 heterocycles. The summed E-state index contributed by atoms with van der Waals surface area (Å²) in [5.74, 6) is -0.154. The lowest BCUT2D eigenvalue weighted by molar-refractivity contribution is -0.127. The number of hydrogen-bond donors (Lipinski definition) is 4. The minimum Gasteiger partial charge on any atom is -0.490 e. The van der Waals surface area contributed by atoms with Crippen LogP contribution in [-0.2, 0) is 15.1 Å². The second kappa shape index (κ2) is 9.72. The van der Waals surface area contributed by atoms with Gasteiger partial charge in [-0.15, -0.1) is 11.3 Å². The van der Waals surface area contributed by atoms with E-state index in [0.717, 1.165) is 37.0 Å². The molecule has 3 aromatic rings. The number of nitrogens with zero attached hydrogens (tertiary/aromatic N) is 1. The number of carbonyl (C=O) groups excluding carboxylic acids is 3. The lowest BCUT2D eigenvalue weighted by atomic mass is 9.69. The summed E-state index contributed by atoms with van der Waals surface area (Å²) in [6.45, 7) is 6.48. The summed E-state index contributed by atoms with van der Waals surface area (Å²) in [5, 5.41) is 3.72. The molecule has 6 rings (SSSR count). The number of amides is 2. The van der Waals surface area contributed by atoms with Crippen molar-refractivity contribution in [1.82, 2.24) is 10.2 Å². The number of carbonyl (C=O) groups is 3. The lowest BCUT2D eigenvalue weighted by Gasteiger charge is -2.37. The summed E-state index contributed by atoms with van der Waals surface area (Å²) < 4.78 is 6.62. The largest absolute Gasteiger partial charge is 0.490 e. The molecule has 0 spiro atoms. The van der Waals surface area contributed by atoms with E-state index < -0.39 is 17.4 Å². The number of piperidine rings is 1. The topological polar surface area (TPSA) is 154 Å². The summed E-state index contributed by atoms with van der Waals surface area (Å²) in [5.41, 5.74) is 21.5. The fourth-order valence-corrected chi connectivity index (χ4v) is 7.24. The van der Waals surface area contributed by atoms with E-state index >= 15 is 0 Å². The Kier molecular flexibility index (Phi) is 6.44. The third kappa shape index (κ3) is 4.18. The number of ether oxygens (including phenoxy) is 1. The van der Waals surface area contributed by atoms with E-state index in [1.807, 2.05) is 25.1 Å². The zero-order chi connectivity index (χ0) is 28.3. The number of Topliss-reactive ketones (excluding diaryl/α,β-unsaturated/α-hetero) is 1. The Balaban J connectivity index is 1.41. The van der Waals surface area contributed by atoms with Crippen molar-refractivity contribution in [2.45, 2.75) is 56.3 Å². The molecule has 9 nitrogen and oxygen atoms in total. The molecule has 3 aliphatic rings. The first-order valence-corrected chi connectivity index (χ1v) is 14.4. The normalized spacial score (nSPS) is 24.2. The van der Waals surface area contributed by atoms with Gasteiger partial charge in [-0.3, -0.25) is 14.4 Å². The van der Waals surface area contributed by atoms with Gasteiger partial charge in [0.1, 0.15) is 11.3 Å². The van der Waals surface area contributed by atoms with Crippen LogP contribution in [0.1, 0.15) is 63.7 Å². The average Bonchev–Trinajstić information content (AvgIpc) is 3.66. The van der Waals surface area contributed by atoms with Crippen molar-refractivity contribution in [3.8, 4) is 5.75 Å². The summed E-state index contributed by atoms with van der Waals surface area (Å²) >= 11 is 1.22. The monoisotopic (exact) mass is 559 g/mol. The number of rotatable bonds is 6. The molecule has 2 aliphatic carbocycles. The number of benzene rings is 2. The van der Waals surface area contributed by atoms with E-state index in [1.54, 1.807) is 17.0 Å². The smallest absolute Gasteiger partial charge is 0.262 e. The van der Waals surface area contributed by atoms with Crippen LogP contribution in [-0.4, -0.2) is 47.7 Å². The molecule has 2 aromatic carbocycles. The molecule has 3 unspecified atom stereocenters. The summed E-state index contributed by atoms with van der Waals surface area (Å²) in [7, 11) is 0. The van der Waals surface area contributed by atoms with Gasteiger partial charge in [-0.05, 0) is 73.6 Å². The number of aryl methyl sites for hydroxylation is 1. The van der Waals surface area contributed by atoms with Crippen LogP contribution in [0.25, 0.3) is 10.1 Å². The van der Waals surface area contributed by atoms with E-state index in [2.05, 4.69) is 11.9 Å². The van der Waals surface area contributed by atoms with Crippen LogP contribution in [0.5, 0.6) is 5.75 Å². The fraction of sp³-hybridized carbons (Fsp3) is 0.367. The molecule has 3 atom stereocenters. The van der Waals surface area contributed by atoms with Crippen LogP contribution < -0.4 is 27.3 Å². The van der Waals surface area contributed by atoms with Gasteiger partial charge in [-0.25, -0.2) is 0 Å². The predicted octanol–water partition coefficient (Wildman–Crippen LogP) is 3.02. The molecule has 2 amide bonds. The van der Waals surface area contributed by atoms with Crippen LogP contribution in [0, 0.1) is 6.92 Å². The van der Waals surface area contributed by atoms with Gasteiger partial charge in [-0.2, -0.15) is 0 Å². The Hall–Kier alpha value is -3.73. The first-order valence-electron chi connectivity index (χ1n) is 13.6. The van der Waals surface area contributed by atoms with Gasteiger partial charge in [0.15, 0.2) is 5.78 Å². The Labute approximate surface area is 236 Å². The lowest BCUT2D eigenvalue weighted by Crippen LogP contribution is -2.53. The van der Waals surface area contributed by atoms with Crippen molar-refractivity contribution in [3.63, 3.8) is 0 Å². The molecule has 0 bridgehead atoms. The van der Waals surface area contributed by atoms with E-state index in [0.29, 0.717) is 50.4 Å². The number of anilines is 1. The Morgan fingerprint density at radius 3 is 2.65 bits per heavy atom. The molecule has 7 N–H and O–H groups in total. The maximum Gasteiger partial charge on any atom is 0.262 e. The molecule has 1 saturated carbocycles. The van der Waals surface area contributed by atoms with Crippen LogP contribution >= 0.6 is 11.3 Å². The Bertz CT molecular complexity index is 1580. The SMILES string of the molecule is C=CC(=O)N1CCCC(NC(=O)c2sc3c(N)ccc4c3c2C(N)C(=O)C4(N)c2ccc(OC3CC3)cc2C)C1. The number of thiophene rings is 1. The Morgan fingerprint density at radius 1 is 1.20 bits per heavy atom. The molecule has 10 heteroatoms. The van der Waals surface area contributed by atoms with Gasteiger partial charge in [-0.1, -0.05) is 18.7 Å². The first kappa shape index (κ1) is 26.5. The van der Waals surface area contributed by atoms with E-state index in [4.69, 9.17) is 21.9 Å². The zero-order valence-electron chi connectivity index (χ0n) is 22.4. The second-order valence-corrected chi connectivity index (χ2v) is 12.0. The zero-order valence-corrected chi connectivity index (χ0v) is 23.2. The summed E-state index contributed by atoms with van der Waals surface area (Å²) in [6.07, 6.45) is 5.11. The van der Waals surface area contributed by atoms with Gasteiger partial charge < -0.3 is 32.2 Å². The third-order valence-corrected chi connectivity index (χ3v) is 9.47. The average molecular weight is 560 g/mol. The van der Waals surface area contributed by atoms with Crippen molar-refractivity contribution in [2.75, 3.05) is 18.8 Å². The number of nitrogen functional groups attached to an aromatic ring is 1. The quantitative estimate of drug-likeness (QED) is 0.267. The van der Waals surface area contributed by atoms with Crippen molar-refractivity contribution in [2.24, 2.45) is 11.5 Å². The minimum atomic E-state index is -1.52. The van der Waals surface area contributed by atoms with Gasteiger partial charge in [0.05, 0.1) is 21.7 Å². The molecule has 1 aromatic heterocycles. The highest BCUT2D eigenvalue weighted by Gasteiger charge is 2.49. The molecule has 1 aliphatic heterocycles. The highest BCUT2D eigenvalue weighted by Crippen LogP contribution is 2.50. The number of ketones is 1.